The van der Waals surface area contributed by atoms with Gasteiger partial charge in [0.15, 0.2) is 0 Å². The Hall–Kier alpha value is -3.04. The third-order valence-electron chi connectivity index (χ3n) is 3.60. The summed E-state index contributed by atoms with van der Waals surface area (Å²) in [6.45, 7) is 0.562. The molecule has 112 valence electrons. The Morgan fingerprint density at radius 2 is 2.09 bits per heavy atom. The number of benzene rings is 2. The van der Waals surface area contributed by atoms with Crippen molar-refractivity contribution >= 4 is 34.4 Å². The number of anilines is 1. The molecule has 0 aliphatic carbocycles. The number of hydrogen-bond acceptors (Lipinski definition) is 4. The summed E-state index contributed by atoms with van der Waals surface area (Å²) in [6.07, 6.45) is 0. The van der Waals surface area contributed by atoms with Crippen LogP contribution >= 0.6 is 11.6 Å². The Morgan fingerprint density at radius 1 is 1.22 bits per heavy atom. The van der Waals surface area contributed by atoms with Crippen LogP contribution in [0.3, 0.4) is 0 Å². The third-order valence-corrected chi connectivity index (χ3v) is 3.97. The van der Waals surface area contributed by atoms with Crippen LogP contribution < -0.4 is 5.32 Å². The molecule has 7 heteroatoms. The highest BCUT2D eigenvalue weighted by atomic mass is 35.5. The van der Waals surface area contributed by atoms with E-state index in [1.54, 1.807) is 16.6 Å². The summed E-state index contributed by atoms with van der Waals surface area (Å²) in [5.41, 5.74) is 3.18. The number of nitrogens with zero attached hydrogens (tertiary/aromatic N) is 4. The minimum atomic E-state index is 0.553. The van der Waals surface area contributed by atoms with Crippen molar-refractivity contribution in [3.05, 3.63) is 58.6 Å². The summed E-state index contributed by atoms with van der Waals surface area (Å²) in [5.74, 6) is 1.16. The average molecular weight is 323 g/mol. The molecule has 4 aromatic rings. The molecular weight excluding hydrogens is 312 g/mol. The van der Waals surface area contributed by atoms with Crippen LogP contribution in [0.2, 0.25) is 5.02 Å². The largest absolute Gasteiger partial charge is 0.350 e. The second-order valence-corrected chi connectivity index (χ2v) is 5.49. The summed E-state index contributed by atoms with van der Waals surface area (Å²) in [7, 11) is 0. The molecule has 2 aromatic heterocycles. The highest BCUT2D eigenvalue weighted by Crippen LogP contribution is 2.19. The average Bonchev–Trinajstić information content (AvgIpc) is 3.10. The van der Waals surface area contributed by atoms with Gasteiger partial charge in [0.05, 0.1) is 22.7 Å². The molecule has 0 amide bonds. The van der Waals surface area contributed by atoms with Crippen molar-refractivity contribution in [1.29, 1.82) is 5.26 Å². The number of aromatic amines is 1. The van der Waals surface area contributed by atoms with E-state index in [4.69, 9.17) is 16.9 Å². The minimum Gasteiger partial charge on any atom is -0.350 e. The van der Waals surface area contributed by atoms with Crippen LogP contribution in [0, 0.1) is 11.3 Å². The van der Waals surface area contributed by atoms with Gasteiger partial charge in [-0.05, 0) is 29.8 Å². The predicted molar refractivity (Wildman–Crippen MR) is 88.3 cm³/mol. The first-order chi connectivity index (χ1) is 11.2. The van der Waals surface area contributed by atoms with E-state index in [-0.39, 0.29) is 0 Å². The molecule has 2 heterocycles. The molecule has 4 rings (SSSR count). The SMILES string of the molecule is N#Cc1ccc2c(c1)nc1nc(NCc3ccccc3Cl)[nH]n12. The van der Waals surface area contributed by atoms with E-state index in [0.717, 1.165) is 16.6 Å². The molecule has 6 nitrogen and oxygen atoms in total. The van der Waals surface area contributed by atoms with Crippen LogP contribution in [0.5, 0.6) is 0 Å². The molecular formula is C16H11ClN6. The van der Waals surface area contributed by atoms with Crippen LogP contribution in [0.25, 0.3) is 16.8 Å². The van der Waals surface area contributed by atoms with Crippen LogP contribution in [-0.2, 0) is 6.54 Å². The summed E-state index contributed by atoms with van der Waals surface area (Å²) in [4.78, 5) is 8.83. The molecule has 0 unspecified atom stereocenters. The van der Waals surface area contributed by atoms with Crippen molar-refractivity contribution in [2.24, 2.45) is 0 Å². The molecule has 0 fully saturated rings. The van der Waals surface area contributed by atoms with E-state index < -0.39 is 0 Å². The van der Waals surface area contributed by atoms with Gasteiger partial charge < -0.3 is 5.32 Å². The molecule has 0 spiro atoms. The maximum absolute atomic E-state index is 8.94. The summed E-state index contributed by atoms with van der Waals surface area (Å²) < 4.78 is 1.78. The molecule has 2 aromatic carbocycles. The Balaban J connectivity index is 1.65. The highest BCUT2D eigenvalue weighted by molar-refractivity contribution is 6.31. The van der Waals surface area contributed by atoms with E-state index in [2.05, 4.69) is 26.5 Å². The van der Waals surface area contributed by atoms with Gasteiger partial charge in [-0.2, -0.15) is 10.2 Å². The van der Waals surface area contributed by atoms with Gasteiger partial charge in [-0.15, -0.1) is 0 Å². The zero-order valence-corrected chi connectivity index (χ0v) is 12.7. The number of nitrogens with one attached hydrogen (secondary N) is 2. The first-order valence-electron chi connectivity index (χ1n) is 7.00. The number of halogens is 1. The maximum Gasteiger partial charge on any atom is 0.253 e. The fraction of sp³-hybridized carbons (Fsp3) is 0.0625. The molecule has 0 atom stereocenters. The van der Waals surface area contributed by atoms with Crippen molar-refractivity contribution in [2.45, 2.75) is 6.54 Å². The highest BCUT2D eigenvalue weighted by Gasteiger charge is 2.10. The zero-order valence-electron chi connectivity index (χ0n) is 11.9. The van der Waals surface area contributed by atoms with Gasteiger partial charge in [0, 0.05) is 11.6 Å². The Bertz CT molecular complexity index is 1060. The lowest BCUT2D eigenvalue weighted by molar-refractivity contribution is 0.987. The van der Waals surface area contributed by atoms with Crippen LogP contribution in [0.15, 0.2) is 42.5 Å². The number of fused-ring (bicyclic) bond motifs is 3. The van der Waals surface area contributed by atoms with Crippen LogP contribution in [0.4, 0.5) is 5.95 Å². The van der Waals surface area contributed by atoms with Crippen LogP contribution in [-0.4, -0.2) is 19.6 Å². The quantitative estimate of drug-likeness (QED) is 0.606. The second kappa shape index (κ2) is 5.30. The fourth-order valence-electron chi connectivity index (χ4n) is 2.45. The Labute approximate surface area is 136 Å². The van der Waals surface area contributed by atoms with Gasteiger partial charge in [0.2, 0.25) is 5.95 Å². The van der Waals surface area contributed by atoms with Gasteiger partial charge in [0.1, 0.15) is 0 Å². The van der Waals surface area contributed by atoms with E-state index in [1.807, 2.05) is 30.3 Å². The number of hydrogen-bond donors (Lipinski definition) is 2. The van der Waals surface area contributed by atoms with Gasteiger partial charge in [-0.3, -0.25) is 5.10 Å². The molecule has 0 bridgehead atoms. The number of H-pyrrole nitrogens is 1. The molecule has 2 N–H and O–H groups in total. The van der Waals surface area contributed by atoms with E-state index in [9.17, 15) is 0 Å². The molecule has 0 saturated heterocycles. The Kier molecular flexibility index (Phi) is 3.14. The molecule has 0 aliphatic heterocycles. The standard InChI is InChI=1S/C16H11ClN6/c17-12-4-2-1-3-11(12)9-19-15-21-16-20-13-7-10(8-18)5-6-14(13)23(16)22-15/h1-7H,9H2,(H2,19,20,21,22). The Morgan fingerprint density at radius 3 is 2.91 bits per heavy atom. The van der Waals surface area contributed by atoms with Crippen molar-refractivity contribution in [3.63, 3.8) is 0 Å². The lowest BCUT2D eigenvalue weighted by Crippen LogP contribution is -2.02. The normalized spacial score (nSPS) is 11.0. The zero-order chi connectivity index (χ0) is 15.8. The van der Waals surface area contributed by atoms with E-state index >= 15 is 0 Å². The summed E-state index contributed by atoms with van der Waals surface area (Å²) >= 11 is 6.14. The monoisotopic (exact) mass is 322 g/mol. The summed E-state index contributed by atoms with van der Waals surface area (Å²) in [6, 6.07) is 15.1. The first-order valence-corrected chi connectivity index (χ1v) is 7.38. The number of nitriles is 1. The minimum absolute atomic E-state index is 0.553. The lowest BCUT2D eigenvalue weighted by atomic mass is 10.2. The number of imidazole rings is 1. The van der Waals surface area contributed by atoms with Gasteiger partial charge in [-0.25, -0.2) is 9.50 Å². The van der Waals surface area contributed by atoms with Crippen LogP contribution in [0.1, 0.15) is 11.1 Å². The smallest absolute Gasteiger partial charge is 0.253 e. The van der Waals surface area contributed by atoms with E-state index in [0.29, 0.717) is 28.9 Å². The molecule has 23 heavy (non-hydrogen) atoms. The lowest BCUT2D eigenvalue weighted by Gasteiger charge is -2.04. The molecule has 0 radical (unpaired) electrons. The van der Waals surface area contributed by atoms with E-state index in [1.165, 1.54) is 0 Å². The van der Waals surface area contributed by atoms with Gasteiger partial charge in [0.25, 0.3) is 5.78 Å². The van der Waals surface area contributed by atoms with Crippen molar-refractivity contribution in [2.75, 3.05) is 5.32 Å². The van der Waals surface area contributed by atoms with Gasteiger partial charge >= 0.3 is 0 Å². The fourth-order valence-corrected chi connectivity index (χ4v) is 2.66. The number of rotatable bonds is 3. The van der Waals surface area contributed by atoms with Crippen molar-refractivity contribution < 1.29 is 0 Å². The maximum atomic E-state index is 8.94. The first kappa shape index (κ1) is 13.6. The molecule has 0 aliphatic rings. The second-order valence-electron chi connectivity index (χ2n) is 5.08. The predicted octanol–water partition coefficient (Wildman–Crippen LogP) is 3.35. The number of aromatic nitrogens is 4. The van der Waals surface area contributed by atoms with Crippen molar-refractivity contribution in [3.8, 4) is 6.07 Å². The van der Waals surface area contributed by atoms with Gasteiger partial charge in [-0.1, -0.05) is 29.8 Å². The topological polar surface area (TPSA) is 81.8 Å². The third kappa shape index (κ3) is 2.37. The van der Waals surface area contributed by atoms with Crippen molar-refractivity contribution in [1.82, 2.24) is 19.6 Å². The summed E-state index contributed by atoms with van der Waals surface area (Å²) in [5, 5.41) is 16.0. The molecule has 0 saturated carbocycles.